The van der Waals surface area contributed by atoms with E-state index in [0.717, 1.165) is 17.7 Å². The lowest BCUT2D eigenvalue weighted by atomic mass is 9.81. The summed E-state index contributed by atoms with van der Waals surface area (Å²) in [6, 6.07) is 9.36. The fourth-order valence-electron chi connectivity index (χ4n) is 5.52. The number of halogens is 5. The summed E-state index contributed by atoms with van der Waals surface area (Å²) >= 11 is 0. The maximum absolute atomic E-state index is 14.8. The van der Waals surface area contributed by atoms with Crippen LogP contribution in [0.2, 0.25) is 0 Å². The number of anilines is 1. The molecule has 3 heterocycles. The molecule has 0 spiro atoms. The lowest BCUT2D eigenvalue weighted by Gasteiger charge is -2.31. The molecular formula is C33H28F5N5O5. The number of nitrogens with zero attached hydrogens (tertiary/aromatic N) is 2. The number of aliphatic hydroxyl groups is 1. The van der Waals surface area contributed by atoms with E-state index in [1.165, 1.54) is 24.3 Å². The van der Waals surface area contributed by atoms with Gasteiger partial charge < -0.3 is 26.2 Å². The van der Waals surface area contributed by atoms with Gasteiger partial charge in [0.1, 0.15) is 36.0 Å². The number of amides is 3. The minimum atomic E-state index is -5.49. The van der Waals surface area contributed by atoms with Crippen molar-refractivity contribution >= 4 is 34.3 Å². The molecule has 0 radical (unpaired) electrons. The Morgan fingerprint density at radius 1 is 1.10 bits per heavy atom. The number of alkyl halides is 4. The zero-order chi connectivity index (χ0) is 34.6. The highest BCUT2D eigenvalue weighted by Gasteiger charge is 2.58. The second-order valence-corrected chi connectivity index (χ2v) is 12.0. The standard InChI is InChI=1S/C33H28F5N5O5/c1-16-8-19-9-20(10-23(25(19)40-12-16)42-29(45)18-2-3-18)28(44)41-14-32(47,33(36,37)38)24-11-22-27(48-15-31(22,13-34)30(39)46)26(43-24)17-4-6-21(35)7-5-17/h4-12,18,47H,2-3,13-15H2,1H3,(H2,39,46)(H,41,44)(H,42,45)/t31-,32?/m0/s1. The van der Waals surface area contributed by atoms with E-state index < -0.39 is 65.9 Å². The van der Waals surface area contributed by atoms with Gasteiger partial charge in [-0.1, -0.05) is 0 Å². The molecule has 1 unspecified atom stereocenters. The summed E-state index contributed by atoms with van der Waals surface area (Å²) in [5.74, 6) is -3.70. The van der Waals surface area contributed by atoms with Crippen LogP contribution in [0.15, 0.2) is 54.7 Å². The Hall–Kier alpha value is -5.18. The normalized spacial score (nSPS) is 18.5. The quantitative estimate of drug-likeness (QED) is 0.193. The molecule has 15 heteroatoms. The first-order chi connectivity index (χ1) is 22.7. The number of nitrogens with two attached hydrogens (primary N) is 1. The van der Waals surface area contributed by atoms with Gasteiger partial charge in [0.25, 0.3) is 5.91 Å². The number of fused-ring (bicyclic) bond motifs is 2. The zero-order valence-corrected chi connectivity index (χ0v) is 25.3. The topological polar surface area (TPSA) is 157 Å². The minimum Gasteiger partial charge on any atom is -0.489 e. The summed E-state index contributed by atoms with van der Waals surface area (Å²) in [4.78, 5) is 46.7. The number of rotatable bonds is 9. The summed E-state index contributed by atoms with van der Waals surface area (Å²) in [7, 11) is 0. The van der Waals surface area contributed by atoms with Crippen LogP contribution in [0.25, 0.3) is 22.2 Å². The molecule has 6 rings (SSSR count). The van der Waals surface area contributed by atoms with Crippen molar-refractivity contribution in [2.45, 2.75) is 37.0 Å². The lowest BCUT2D eigenvalue weighted by Crippen LogP contribution is -2.52. The lowest BCUT2D eigenvalue weighted by molar-refractivity contribution is -0.265. The number of carbonyl (C=O) groups excluding carboxylic acids is 3. The van der Waals surface area contributed by atoms with Crippen molar-refractivity contribution in [2.24, 2.45) is 11.7 Å². The Labute approximate surface area is 269 Å². The fourth-order valence-corrected chi connectivity index (χ4v) is 5.52. The number of ether oxygens (including phenoxy) is 1. The summed E-state index contributed by atoms with van der Waals surface area (Å²) < 4.78 is 78.1. The van der Waals surface area contributed by atoms with E-state index in [2.05, 4.69) is 20.6 Å². The predicted octanol–water partition coefficient (Wildman–Crippen LogP) is 4.36. The average Bonchev–Trinajstić information content (AvgIpc) is 3.83. The molecular weight excluding hydrogens is 641 g/mol. The van der Waals surface area contributed by atoms with Gasteiger partial charge >= 0.3 is 6.18 Å². The molecule has 2 aliphatic rings. The molecule has 250 valence electrons. The van der Waals surface area contributed by atoms with Crippen LogP contribution < -0.4 is 21.1 Å². The first-order valence-corrected chi connectivity index (χ1v) is 14.8. The van der Waals surface area contributed by atoms with Crippen molar-refractivity contribution in [3.63, 3.8) is 0 Å². The summed E-state index contributed by atoms with van der Waals surface area (Å²) in [6.45, 7) is -1.84. The monoisotopic (exact) mass is 669 g/mol. The number of nitrogens with one attached hydrogen (secondary N) is 2. The minimum absolute atomic E-state index is 0.0306. The Kier molecular flexibility index (Phi) is 8.06. The van der Waals surface area contributed by atoms with Gasteiger partial charge in [-0.05, 0) is 73.9 Å². The third-order valence-electron chi connectivity index (χ3n) is 8.55. The van der Waals surface area contributed by atoms with E-state index in [1.807, 2.05) is 0 Å². The highest BCUT2D eigenvalue weighted by Crippen LogP contribution is 2.48. The molecule has 2 aromatic heterocycles. The van der Waals surface area contributed by atoms with Crippen molar-refractivity contribution in [3.8, 4) is 17.0 Å². The SMILES string of the molecule is Cc1cnc2c(NC(=O)C3CC3)cc(C(=O)NCC(O)(c3cc4c(c(-c5ccc(F)cc5)n3)OC[C@]4(CF)C(N)=O)C(F)(F)F)cc2c1. The molecule has 1 fully saturated rings. The van der Waals surface area contributed by atoms with Gasteiger partial charge in [0.2, 0.25) is 17.4 Å². The largest absolute Gasteiger partial charge is 0.489 e. The zero-order valence-electron chi connectivity index (χ0n) is 25.3. The van der Waals surface area contributed by atoms with Gasteiger partial charge in [0, 0.05) is 34.2 Å². The molecule has 1 aliphatic heterocycles. The number of carbonyl (C=O) groups is 3. The van der Waals surface area contributed by atoms with Crippen LogP contribution in [-0.2, 0) is 20.6 Å². The van der Waals surface area contributed by atoms with Gasteiger partial charge in [0.05, 0.1) is 23.4 Å². The Bertz CT molecular complexity index is 1970. The predicted molar refractivity (Wildman–Crippen MR) is 162 cm³/mol. The van der Waals surface area contributed by atoms with Crippen LogP contribution in [0.4, 0.5) is 27.6 Å². The maximum atomic E-state index is 14.8. The second-order valence-electron chi connectivity index (χ2n) is 12.0. The molecule has 0 bridgehead atoms. The second kappa shape index (κ2) is 11.8. The van der Waals surface area contributed by atoms with Crippen molar-refractivity contribution in [2.75, 3.05) is 25.1 Å². The van der Waals surface area contributed by atoms with Gasteiger partial charge in [-0.15, -0.1) is 0 Å². The summed E-state index contributed by atoms with van der Waals surface area (Å²) in [5, 5.41) is 16.6. The van der Waals surface area contributed by atoms with Crippen LogP contribution in [0, 0.1) is 18.7 Å². The third-order valence-corrected chi connectivity index (χ3v) is 8.55. The molecule has 1 aliphatic carbocycles. The van der Waals surface area contributed by atoms with Crippen LogP contribution in [-0.4, -0.2) is 58.8 Å². The number of aryl methyl sites for hydroxylation is 1. The molecule has 5 N–H and O–H groups in total. The van der Waals surface area contributed by atoms with Gasteiger partial charge in [-0.3, -0.25) is 19.4 Å². The molecule has 4 aromatic rings. The highest BCUT2D eigenvalue weighted by molar-refractivity contribution is 6.06. The number of aromatic nitrogens is 2. The molecule has 10 nitrogen and oxygen atoms in total. The molecule has 48 heavy (non-hydrogen) atoms. The molecule has 2 aromatic carbocycles. The van der Waals surface area contributed by atoms with E-state index >= 15 is 0 Å². The smallest absolute Gasteiger partial charge is 0.424 e. The number of pyridine rings is 2. The van der Waals surface area contributed by atoms with Crippen LogP contribution in [0.5, 0.6) is 5.75 Å². The Morgan fingerprint density at radius 3 is 2.44 bits per heavy atom. The van der Waals surface area contributed by atoms with Crippen molar-refractivity contribution in [3.05, 3.63) is 82.9 Å². The summed E-state index contributed by atoms with van der Waals surface area (Å²) in [6.07, 6.45) is -2.53. The molecule has 0 saturated heterocycles. The number of hydrogen-bond donors (Lipinski definition) is 4. The fraction of sp³-hybridized carbons (Fsp3) is 0.303. The molecule has 2 atom stereocenters. The van der Waals surface area contributed by atoms with Crippen LogP contribution in [0.3, 0.4) is 0 Å². The number of hydrogen-bond acceptors (Lipinski definition) is 7. The van der Waals surface area contributed by atoms with Crippen LogP contribution >= 0.6 is 0 Å². The van der Waals surface area contributed by atoms with Gasteiger partial charge in [-0.25, -0.2) is 13.8 Å². The summed E-state index contributed by atoms with van der Waals surface area (Å²) in [5.41, 5.74) is -1.32. The average molecular weight is 670 g/mol. The number of primary amides is 1. The first-order valence-electron chi connectivity index (χ1n) is 14.8. The van der Waals surface area contributed by atoms with E-state index in [4.69, 9.17) is 10.5 Å². The van der Waals surface area contributed by atoms with E-state index in [9.17, 15) is 41.4 Å². The first kappa shape index (κ1) is 32.7. The van der Waals surface area contributed by atoms with Crippen molar-refractivity contribution < 1.29 is 46.2 Å². The van der Waals surface area contributed by atoms with Crippen molar-refractivity contribution in [1.29, 1.82) is 0 Å². The molecule has 1 saturated carbocycles. The van der Waals surface area contributed by atoms with Gasteiger partial charge in [-0.2, -0.15) is 13.2 Å². The Morgan fingerprint density at radius 2 is 1.81 bits per heavy atom. The third kappa shape index (κ3) is 5.67. The molecule has 3 amide bonds. The Balaban J connectivity index is 1.41. The van der Waals surface area contributed by atoms with E-state index in [1.54, 1.807) is 19.2 Å². The van der Waals surface area contributed by atoms with Crippen LogP contribution in [0.1, 0.15) is 40.0 Å². The van der Waals surface area contributed by atoms with Crippen molar-refractivity contribution in [1.82, 2.24) is 15.3 Å². The number of benzene rings is 2. The van der Waals surface area contributed by atoms with E-state index in [-0.39, 0.29) is 40.1 Å². The highest BCUT2D eigenvalue weighted by atomic mass is 19.4. The maximum Gasteiger partial charge on any atom is 0.424 e. The van der Waals surface area contributed by atoms with Gasteiger partial charge in [0.15, 0.2) is 0 Å². The van der Waals surface area contributed by atoms with E-state index in [0.29, 0.717) is 29.8 Å².